The van der Waals surface area contributed by atoms with Gasteiger partial charge in [0.25, 0.3) is 0 Å². The molecule has 3 saturated carbocycles. The molecule has 1 heterocycles. The summed E-state index contributed by atoms with van der Waals surface area (Å²) in [6.45, 7) is 7.85. The second kappa shape index (κ2) is 6.52. The van der Waals surface area contributed by atoms with Crippen LogP contribution in [0.25, 0.3) is 0 Å². The molecule has 5 aliphatic rings. The van der Waals surface area contributed by atoms with Crippen LogP contribution in [0.15, 0.2) is 11.6 Å². The first-order valence-electron chi connectivity index (χ1n) is 11.6. The summed E-state index contributed by atoms with van der Waals surface area (Å²) < 4.78 is 17.5. The molecular weight excluding hydrogens is 368 g/mol. The Morgan fingerprint density at radius 2 is 1.90 bits per heavy atom. The van der Waals surface area contributed by atoms with Gasteiger partial charge in [0.15, 0.2) is 11.6 Å². The Morgan fingerprint density at radius 1 is 1.17 bits per heavy atom. The molecule has 5 nitrogen and oxygen atoms in total. The Bertz CT molecular complexity index is 695. The molecule has 4 aliphatic carbocycles. The van der Waals surface area contributed by atoms with Gasteiger partial charge in [-0.3, -0.25) is 0 Å². The van der Waals surface area contributed by atoms with Gasteiger partial charge in [-0.2, -0.15) is 0 Å². The summed E-state index contributed by atoms with van der Waals surface area (Å²) in [5, 5.41) is 22.4. The van der Waals surface area contributed by atoms with Crippen molar-refractivity contribution in [3.8, 4) is 0 Å². The van der Waals surface area contributed by atoms with Crippen LogP contribution in [0.5, 0.6) is 0 Å². The quantitative estimate of drug-likeness (QED) is 0.541. The molecule has 5 rings (SSSR count). The van der Waals surface area contributed by atoms with Crippen molar-refractivity contribution in [1.29, 1.82) is 0 Å². The third-order valence-electron chi connectivity index (χ3n) is 9.92. The maximum absolute atomic E-state index is 11.5. The average Bonchev–Trinajstić information content (AvgIpc) is 3.26. The molecule has 1 spiro atoms. The second-order valence-corrected chi connectivity index (χ2v) is 11.1. The van der Waals surface area contributed by atoms with Crippen LogP contribution in [0.3, 0.4) is 0 Å². The fraction of sp³-hybridized carbons (Fsp3) is 0.917. The fourth-order valence-corrected chi connectivity index (χ4v) is 8.50. The van der Waals surface area contributed by atoms with Crippen molar-refractivity contribution in [3.63, 3.8) is 0 Å². The molecule has 1 unspecified atom stereocenters. The maximum Gasteiger partial charge on any atom is 0.172 e. The number of hydrogen-bond donors (Lipinski definition) is 2. The lowest BCUT2D eigenvalue weighted by Crippen LogP contribution is -2.59. The zero-order valence-corrected chi connectivity index (χ0v) is 18.4. The summed E-state index contributed by atoms with van der Waals surface area (Å²) in [7, 11) is 1.60. The highest BCUT2D eigenvalue weighted by molar-refractivity contribution is 5.28. The summed E-state index contributed by atoms with van der Waals surface area (Å²) in [5.41, 5.74) is 1.37. The van der Waals surface area contributed by atoms with E-state index in [0.29, 0.717) is 25.0 Å². The minimum atomic E-state index is -1.13. The maximum atomic E-state index is 11.5. The van der Waals surface area contributed by atoms with E-state index in [9.17, 15) is 10.2 Å². The Labute approximate surface area is 174 Å². The van der Waals surface area contributed by atoms with Crippen LogP contribution in [0.4, 0.5) is 0 Å². The Kier molecular flexibility index (Phi) is 4.60. The van der Waals surface area contributed by atoms with Crippen LogP contribution in [-0.4, -0.2) is 48.2 Å². The van der Waals surface area contributed by atoms with Crippen LogP contribution in [0.2, 0.25) is 0 Å². The van der Waals surface area contributed by atoms with E-state index in [2.05, 4.69) is 19.9 Å². The topological polar surface area (TPSA) is 68.2 Å². The van der Waals surface area contributed by atoms with Gasteiger partial charge in [-0.15, -0.1) is 0 Å². The molecule has 164 valence electrons. The fourth-order valence-electron chi connectivity index (χ4n) is 8.50. The van der Waals surface area contributed by atoms with E-state index in [-0.39, 0.29) is 28.8 Å². The van der Waals surface area contributed by atoms with E-state index in [1.807, 2.05) is 0 Å². The van der Waals surface area contributed by atoms with E-state index in [4.69, 9.17) is 14.2 Å². The number of allylic oxidation sites excluding steroid dienone is 1. The van der Waals surface area contributed by atoms with E-state index >= 15 is 0 Å². The molecule has 2 N–H and O–H groups in total. The summed E-state index contributed by atoms with van der Waals surface area (Å²) in [6, 6.07) is 0. The van der Waals surface area contributed by atoms with Crippen LogP contribution < -0.4 is 0 Å². The molecule has 0 radical (unpaired) electrons. The molecular formula is C24H38O5. The number of methoxy groups -OCH3 is 1. The predicted molar refractivity (Wildman–Crippen MR) is 109 cm³/mol. The van der Waals surface area contributed by atoms with E-state index < -0.39 is 11.6 Å². The van der Waals surface area contributed by atoms with Crippen LogP contribution in [0.1, 0.15) is 65.7 Å². The number of aliphatic hydroxyl groups excluding tert-OH is 1. The number of aliphatic hydroxyl groups is 2. The standard InChI is InChI=1S/C24H38O5/c1-21-9-10-24(28-11-12-29-24)13-15(21)5-6-16-17-7-8-19(23(3,26)27-4)22(17,2)14-18(25)20(16)21/h5,16-20,25-26H,6-14H2,1-4H3/t16-,17-,18-,19-,20+,21-,22-,23?/m0/s1. The number of ether oxygens (including phenoxy) is 3. The van der Waals surface area contributed by atoms with Gasteiger partial charge in [0.2, 0.25) is 0 Å². The first-order valence-corrected chi connectivity index (χ1v) is 11.6. The lowest BCUT2D eigenvalue weighted by Gasteiger charge is -2.61. The zero-order chi connectivity index (χ0) is 20.7. The predicted octanol–water partition coefficient (Wildman–Crippen LogP) is 3.63. The third kappa shape index (κ3) is 2.77. The van der Waals surface area contributed by atoms with Gasteiger partial charge < -0.3 is 24.4 Å². The number of fused-ring (bicyclic) bond motifs is 5. The lowest BCUT2D eigenvalue weighted by molar-refractivity contribution is -0.244. The SMILES string of the molecule is COC(C)(O)[C@H]1CC[C@H]2[C@@H]3CC=C4CC5(CC[C@]4(C)[C@H]3[C@@H](O)C[C@]12C)OCCO5. The minimum Gasteiger partial charge on any atom is -0.393 e. The molecule has 0 amide bonds. The molecule has 5 heteroatoms. The van der Waals surface area contributed by atoms with Gasteiger partial charge in [-0.05, 0) is 67.6 Å². The molecule has 0 aromatic heterocycles. The smallest absolute Gasteiger partial charge is 0.172 e. The molecule has 0 aromatic carbocycles. The van der Waals surface area contributed by atoms with E-state index in [0.717, 1.165) is 44.9 Å². The number of rotatable bonds is 2. The monoisotopic (exact) mass is 406 g/mol. The van der Waals surface area contributed by atoms with Crippen molar-refractivity contribution in [2.24, 2.45) is 34.5 Å². The van der Waals surface area contributed by atoms with Crippen molar-refractivity contribution in [3.05, 3.63) is 11.6 Å². The molecule has 29 heavy (non-hydrogen) atoms. The molecule has 1 saturated heterocycles. The van der Waals surface area contributed by atoms with Crippen molar-refractivity contribution >= 4 is 0 Å². The second-order valence-electron chi connectivity index (χ2n) is 11.1. The molecule has 4 fully saturated rings. The highest BCUT2D eigenvalue weighted by Gasteiger charge is 2.65. The van der Waals surface area contributed by atoms with Crippen molar-refractivity contribution in [2.75, 3.05) is 20.3 Å². The van der Waals surface area contributed by atoms with Gasteiger partial charge in [0, 0.05) is 25.9 Å². The number of hydrogen-bond acceptors (Lipinski definition) is 5. The summed E-state index contributed by atoms with van der Waals surface area (Å²) in [5.74, 6) is -0.215. The van der Waals surface area contributed by atoms with Gasteiger partial charge in [0.05, 0.1) is 19.3 Å². The average molecular weight is 407 g/mol. The Balaban J connectivity index is 1.47. The van der Waals surface area contributed by atoms with Crippen LogP contribution in [-0.2, 0) is 14.2 Å². The van der Waals surface area contributed by atoms with Crippen LogP contribution >= 0.6 is 0 Å². The van der Waals surface area contributed by atoms with Gasteiger partial charge in [0.1, 0.15) is 0 Å². The summed E-state index contributed by atoms with van der Waals surface area (Å²) in [4.78, 5) is 0. The zero-order valence-electron chi connectivity index (χ0n) is 18.4. The Hall–Kier alpha value is -0.460. The molecule has 8 atom stereocenters. The van der Waals surface area contributed by atoms with Crippen LogP contribution in [0, 0.1) is 34.5 Å². The summed E-state index contributed by atoms with van der Waals surface area (Å²) >= 11 is 0. The van der Waals surface area contributed by atoms with Crippen molar-refractivity contribution < 1.29 is 24.4 Å². The highest BCUT2D eigenvalue weighted by Crippen LogP contribution is 2.68. The van der Waals surface area contributed by atoms with Gasteiger partial charge >= 0.3 is 0 Å². The first kappa shape index (κ1) is 20.4. The van der Waals surface area contributed by atoms with Gasteiger partial charge in [-0.1, -0.05) is 25.5 Å². The Morgan fingerprint density at radius 3 is 2.59 bits per heavy atom. The van der Waals surface area contributed by atoms with E-state index in [1.54, 1.807) is 14.0 Å². The highest BCUT2D eigenvalue weighted by atomic mass is 16.7. The largest absolute Gasteiger partial charge is 0.393 e. The van der Waals surface area contributed by atoms with E-state index in [1.165, 1.54) is 5.57 Å². The van der Waals surface area contributed by atoms with Crippen molar-refractivity contribution in [2.45, 2.75) is 83.4 Å². The third-order valence-corrected chi connectivity index (χ3v) is 9.92. The molecule has 1 aliphatic heterocycles. The van der Waals surface area contributed by atoms with Crippen molar-refractivity contribution in [1.82, 2.24) is 0 Å². The normalized spacial score (nSPS) is 50.4. The summed E-state index contributed by atoms with van der Waals surface area (Å²) in [6.07, 6.45) is 8.74. The first-order chi connectivity index (χ1) is 13.7. The molecule has 0 bridgehead atoms. The molecule has 0 aromatic rings. The minimum absolute atomic E-state index is 0.0199. The van der Waals surface area contributed by atoms with Gasteiger partial charge in [-0.25, -0.2) is 0 Å². The lowest BCUT2D eigenvalue weighted by atomic mass is 9.46.